The third kappa shape index (κ3) is 3.68. The second-order valence-corrected chi connectivity index (χ2v) is 2.65. The van der Waals surface area contributed by atoms with Gasteiger partial charge >= 0.3 is 0 Å². The van der Waals surface area contributed by atoms with Gasteiger partial charge in [-0.2, -0.15) is 11.4 Å². The topological polar surface area (TPSA) is 42.6 Å². The number of hydrogen-bond donors (Lipinski definition) is 0. The molecule has 0 aliphatic rings. The molecule has 0 heterocycles. The Hall–Kier alpha value is -0.536. The molecule has 0 aromatic heterocycles. The molecule has 3 nitrogen and oxygen atoms in total. The third-order valence-electron chi connectivity index (χ3n) is 1.66. The van der Waals surface area contributed by atoms with E-state index in [0.29, 0.717) is 5.56 Å². The monoisotopic (exact) mass is 263 g/mol. The van der Waals surface area contributed by atoms with Gasteiger partial charge in [0.15, 0.2) is 0 Å². The maximum absolute atomic E-state index is 10.2. The quantitative estimate of drug-likeness (QED) is 0.352. The standard InChI is InChI=1S/C10H10N2O.Y/c1-12(7-8-13)10(11)9-5-3-2-4-6-9;/h2-5,8H,7H2,1H3;/q-2;. The summed E-state index contributed by atoms with van der Waals surface area (Å²) < 4.78 is 0. The summed E-state index contributed by atoms with van der Waals surface area (Å²) in [4.78, 5) is 11.6. The van der Waals surface area contributed by atoms with Crippen LogP contribution in [0.1, 0.15) is 5.56 Å². The molecule has 4 heteroatoms. The fraction of sp³-hybridized carbons (Fsp3) is 0.200. The molecular weight excluding hydrogens is 253 g/mol. The number of amidine groups is 1. The van der Waals surface area contributed by atoms with Gasteiger partial charge in [-0.3, -0.25) is 0 Å². The van der Waals surface area contributed by atoms with E-state index in [0.717, 1.165) is 6.29 Å². The molecule has 0 N–H and O–H groups in total. The SMILES string of the molecule is CN(CC=O)C(=[N-])c1[c-]cccc1.[Y]. The van der Waals surface area contributed by atoms with Crippen LogP contribution in [0.25, 0.3) is 5.41 Å². The molecule has 71 valence electrons. The number of carbonyl (C=O) groups excluding carboxylic acids is 1. The number of benzene rings is 1. The van der Waals surface area contributed by atoms with E-state index in [-0.39, 0.29) is 45.1 Å². The van der Waals surface area contributed by atoms with Gasteiger partial charge in [-0.15, -0.1) is 30.3 Å². The molecule has 0 saturated heterocycles. The average Bonchev–Trinajstić information content (AvgIpc) is 2.18. The van der Waals surface area contributed by atoms with Crippen molar-refractivity contribution in [2.45, 2.75) is 0 Å². The maximum Gasteiger partial charge on any atom is 0.118 e. The number of hydrogen-bond acceptors (Lipinski definition) is 1. The molecule has 1 radical (unpaired) electrons. The molecule has 1 aromatic rings. The summed E-state index contributed by atoms with van der Waals surface area (Å²) >= 11 is 0. The van der Waals surface area contributed by atoms with Gasteiger partial charge < -0.3 is 15.1 Å². The summed E-state index contributed by atoms with van der Waals surface area (Å²) in [5, 5.41) is 9.57. The van der Waals surface area contributed by atoms with E-state index >= 15 is 0 Å². The first kappa shape index (κ1) is 13.5. The van der Waals surface area contributed by atoms with Gasteiger partial charge in [0.2, 0.25) is 0 Å². The Morgan fingerprint density at radius 2 is 2.36 bits per heavy atom. The van der Waals surface area contributed by atoms with Crippen molar-refractivity contribution in [3.8, 4) is 0 Å². The molecule has 0 unspecified atom stereocenters. The molecule has 0 atom stereocenters. The van der Waals surface area contributed by atoms with Crippen molar-refractivity contribution < 1.29 is 37.5 Å². The average molecular weight is 263 g/mol. The van der Waals surface area contributed by atoms with Crippen molar-refractivity contribution in [3.05, 3.63) is 41.3 Å². The predicted octanol–water partition coefficient (Wildman–Crippen LogP) is 0.931. The van der Waals surface area contributed by atoms with Crippen molar-refractivity contribution in [2.24, 2.45) is 0 Å². The van der Waals surface area contributed by atoms with Crippen molar-refractivity contribution in [2.75, 3.05) is 13.6 Å². The van der Waals surface area contributed by atoms with Crippen molar-refractivity contribution in [1.82, 2.24) is 4.90 Å². The van der Waals surface area contributed by atoms with Gasteiger partial charge in [-0.1, -0.05) is 7.05 Å². The minimum atomic E-state index is 0. The Morgan fingerprint density at radius 3 is 2.86 bits per heavy atom. The van der Waals surface area contributed by atoms with Crippen LogP contribution < -0.4 is 0 Å². The minimum absolute atomic E-state index is 0. The molecule has 1 rings (SSSR count). The number of rotatable bonds is 3. The molecule has 0 aliphatic heterocycles. The zero-order chi connectivity index (χ0) is 9.68. The van der Waals surface area contributed by atoms with E-state index in [4.69, 9.17) is 0 Å². The first-order valence-electron chi connectivity index (χ1n) is 3.93. The van der Waals surface area contributed by atoms with E-state index in [9.17, 15) is 10.2 Å². The first-order valence-corrected chi connectivity index (χ1v) is 3.93. The van der Waals surface area contributed by atoms with Crippen molar-refractivity contribution in [3.63, 3.8) is 0 Å². The molecule has 0 fully saturated rings. The van der Waals surface area contributed by atoms with Crippen molar-refractivity contribution in [1.29, 1.82) is 0 Å². The third-order valence-corrected chi connectivity index (χ3v) is 1.66. The van der Waals surface area contributed by atoms with Crippen LogP contribution >= 0.6 is 0 Å². The number of aldehydes is 1. The fourth-order valence-electron chi connectivity index (χ4n) is 0.936. The second-order valence-electron chi connectivity index (χ2n) is 2.65. The Morgan fingerprint density at radius 1 is 1.64 bits per heavy atom. The Balaban J connectivity index is 0.00000169. The summed E-state index contributed by atoms with van der Waals surface area (Å²) in [6.45, 7) is 0.175. The van der Waals surface area contributed by atoms with Crippen LogP contribution in [-0.2, 0) is 37.5 Å². The van der Waals surface area contributed by atoms with Gasteiger partial charge in [0.05, 0.1) is 0 Å². The Labute approximate surface area is 109 Å². The van der Waals surface area contributed by atoms with Crippen LogP contribution in [0.3, 0.4) is 0 Å². The number of carbonyl (C=O) groups is 1. The smallest absolute Gasteiger partial charge is 0.118 e. The second kappa shape index (κ2) is 6.85. The number of nitrogens with zero attached hydrogens (tertiary/aromatic N) is 2. The zero-order valence-corrected chi connectivity index (χ0v) is 10.8. The van der Waals surface area contributed by atoms with Crippen LogP contribution in [0.5, 0.6) is 0 Å². The predicted molar refractivity (Wildman–Crippen MR) is 51.4 cm³/mol. The first-order chi connectivity index (χ1) is 6.25. The van der Waals surface area contributed by atoms with Gasteiger partial charge in [-0.05, 0) is 6.54 Å². The fourth-order valence-corrected chi connectivity index (χ4v) is 0.936. The molecule has 0 amide bonds. The van der Waals surface area contributed by atoms with Crippen LogP contribution in [0.4, 0.5) is 0 Å². The summed E-state index contributed by atoms with van der Waals surface area (Å²) in [6, 6.07) is 9.92. The molecule has 0 saturated carbocycles. The van der Waals surface area contributed by atoms with Gasteiger partial charge in [0.1, 0.15) is 6.29 Å². The molecule has 0 spiro atoms. The van der Waals surface area contributed by atoms with E-state index in [1.807, 2.05) is 6.07 Å². The van der Waals surface area contributed by atoms with E-state index in [1.54, 1.807) is 25.2 Å². The van der Waals surface area contributed by atoms with Crippen LogP contribution in [0, 0.1) is 6.07 Å². The van der Waals surface area contributed by atoms with E-state index < -0.39 is 0 Å². The molecule has 14 heavy (non-hydrogen) atoms. The molecule has 1 aromatic carbocycles. The molecule has 0 aliphatic carbocycles. The summed E-state index contributed by atoms with van der Waals surface area (Å²) in [6.07, 6.45) is 0.735. The van der Waals surface area contributed by atoms with Crippen molar-refractivity contribution >= 4 is 12.1 Å². The maximum atomic E-state index is 10.2. The van der Waals surface area contributed by atoms with Gasteiger partial charge in [0, 0.05) is 32.7 Å². The van der Waals surface area contributed by atoms with Crippen LogP contribution in [0.15, 0.2) is 24.3 Å². The minimum Gasteiger partial charge on any atom is -0.521 e. The van der Waals surface area contributed by atoms with E-state index in [1.165, 1.54) is 4.90 Å². The van der Waals surface area contributed by atoms with Crippen LogP contribution in [0.2, 0.25) is 0 Å². The van der Waals surface area contributed by atoms with Gasteiger partial charge in [0.25, 0.3) is 0 Å². The van der Waals surface area contributed by atoms with Gasteiger partial charge in [-0.25, -0.2) is 0 Å². The molecular formula is C10H10N2OY-2. The van der Waals surface area contributed by atoms with Crippen LogP contribution in [-0.4, -0.2) is 30.6 Å². The van der Waals surface area contributed by atoms with E-state index in [2.05, 4.69) is 6.07 Å². The normalized spacial score (nSPS) is 8.64. The summed E-state index contributed by atoms with van der Waals surface area (Å²) in [7, 11) is 1.64. The Kier molecular flexibility index (Phi) is 6.59. The summed E-state index contributed by atoms with van der Waals surface area (Å²) in [5.41, 5.74) is 0.590. The summed E-state index contributed by atoms with van der Waals surface area (Å²) in [5.74, 6) is 0.0627. The largest absolute Gasteiger partial charge is 0.521 e. The molecule has 0 bridgehead atoms. The zero-order valence-electron chi connectivity index (χ0n) is 7.97. The Bertz CT molecular complexity index is 300. The number of likely N-dealkylation sites (N-methyl/N-ethyl adjacent to an activating group) is 1.